The molecule has 24 heavy (non-hydrogen) atoms. The summed E-state index contributed by atoms with van der Waals surface area (Å²) in [5.74, 6) is 1.10. The second kappa shape index (κ2) is 7.54. The van der Waals surface area contributed by atoms with Gasteiger partial charge in [-0.3, -0.25) is 10.1 Å². The SMILES string of the molecule is COc1cc(C=NNC(N)=O)ccc1Oc1ccc([N+](=O)[O-])c[nH+]1. The number of amides is 2. The van der Waals surface area contributed by atoms with E-state index < -0.39 is 11.0 Å². The normalized spacial score (nSPS) is 10.4. The summed E-state index contributed by atoms with van der Waals surface area (Å²) < 4.78 is 10.8. The zero-order chi connectivity index (χ0) is 17.5. The molecule has 0 fully saturated rings. The van der Waals surface area contributed by atoms with Gasteiger partial charge in [0.05, 0.1) is 24.3 Å². The summed E-state index contributed by atoms with van der Waals surface area (Å²) in [4.78, 5) is 23.3. The lowest BCUT2D eigenvalue weighted by Gasteiger charge is -2.08. The third-order valence-electron chi connectivity index (χ3n) is 2.77. The molecule has 0 saturated carbocycles. The number of nitrogens with one attached hydrogen (secondary N) is 2. The molecule has 0 bridgehead atoms. The minimum Gasteiger partial charge on any atom is -0.493 e. The number of ether oxygens (including phenoxy) is 2. The van der Waals surface area contributed by atoms with Crippen LogP contribution in [0.1, 0.15) is 5.56 Å². The average Bonchev–Trinajstić information content (AvgIpc) is 2.56. The van der Waals surface area contributed by atoms with Crippen LogP contribution in [0.4, 0.5) is 10.5 Å². The van der Waals surface area contributed by atoms with Gasteiger partial charge in [-0.05, 0) is 23.8 Å². The molecule has 0 radical (unpaired) electrons. The second-order valence-corrected chi connectivity index (χ2v) is 4.41. The molecule has 2 rings (SSSR count). The first kappa shape index (κ1) is 16.7. The summed E-state index contributed by atoms with van der Waals surface area (Å²) in [6.07, 6.45) is 2.60. The number of hydrogen-bond acceptors (Lipinski definition) is 6. The monoisotopic (exact) mass is 332 g/mol. The van der Waals surface area contributed by atoms with Crippen molar-refractivity contribution in [1.29, 1.82) is 0 Å². The highest BCUT2D eigenvalue weighted by Crippen LogP contribution is 2.30. The molecule has 0 unspecified atom stereocenters. The molecule has 4 N–H and O–H groups in total. The van der Waals surface area contributed by atoms with Gasteiger partial charge in [0.15, 0.2) is 11.5 Å². The van der Waals surface area contributed by atoms with Crippen molar-refractivity contribution >= 4 is 17.9 Å². The van der Waals surface area contributed by atoms with E-state index >= 15 is 0 Å². The van der Waals surface area contributed by atoms with Gasteiger partial charge in [0.2, 0.25) is 6.20 Å². The maximum absolute atomic E-state index is 10.6. The van der Waals surface area contributed by atoms with Crippen LogP contribution < -0.4 is 25.6 Å². The zero-order valence-electron chi connectivity index (χ0n) is 12.6. The van der Waals surface area contributed by atoms with E-state index in [4.69, 9.17) is 15.2 Å². The number of methoxy groups -OCH3 is 1. The fraction of sp³-hybridized carbons (Fsp3) is 0.0714. The number of nitrogens with zero attached hydrogens (tertiary/aromatic N) is 2. The minimum absolute atomic E-state index is 0.0807. The van der Waals surface area contributed by atoms with Crippen molar-refractivity contribution in [3.8, 4) is 17.4 Å². The summed E-state index contributed by atoms with van der Waals surface area (Å²) in [7, 11) is 1.46. The van der Waals surface area contributed by atoms with Crippen LogP contribution in [0.3, 0.4) is 0 Å². The Morgan fingerprint density at radius 1 is 1.38 bits per heavy atom. The molecule has 0 atom stereocenters. The first-order valence-electron chi connectivity index (χ1n) is 6.60. The van der Waals surface area contributed by atoms with Crippen LogP contribution in [0.15, 0.2) is 41.6 Å². The first-order valence-corrected chi connectivity index (χ1v) is 6.60. The quantitative estimate of drug-likeness (QED) is 0.464. The zero-order valence-corrected chi connectivity index (χ0v) is 12.6. The second-order valence-electron chi connectivity index (χ2n) is 4.41. The van der Waals surface area contributed by atoms with Gasteiger partial charge in [0, 0.05) is 6.07 Å². The third kappa shape index (κ3) is 4.40. The molecule has 0 aliphatic heterocycles. The van der Waals surface area contributed by atoms with E-state index in [9.17, 15) is 14.9 Å². The largest absolute Gasteiger partial charge is 0.493 e. The number of carbonyl (C=O) groups excluding carboxylic acids is 1. The number of carbonyl (C=O) groups is 1. The number of hydrazone groups is 1. The summed E-state index contributed by atoms with van der Waals surface area (Å²) in [5.41, 5.74) is 7.53. The van der Waals surface area contributed by atoms with Gasteiger partial charge in [0.1, 0.15) is 0 Å². The van der Waals surface area contributed by atoms with E-state index in [0.717, 1.165) is 0 Å². The van der Waals surface area contributed by atoms with E-state index in [-0.39, 0.29) is 5.69 Å². The van der Waals surface area contributed by atoms with Crippen LogP contribution in [0.25, 0.3) is 0 Å². The molecular formula is C14H14N5O5+. The molecule has 2 aromatic rings. The fourth-order valence-corrected chi connectivity index (χ4v) is 1.72. The molecule has 1 heterocycles. The lowest BCUT2D eigenvalue weighted by Crippen LogP contribution is -2.24. The van der Waals surface area contributed by atoms with Crippen molar-refractivity contribution in [3.05, 3.63) is 52.2 Å². The van der Waals surface area contributed by atoms with E-state index in [0.29, 0.717) is 22.9 Å². The molecule has 2 amide bonds. The Labute approximate surface area is 136 Å². The van der Waals surface area contributed by atoms with Crippen molar-refractivity contribution in [2.75, 3.05) is 7.11 Å². The highest BCUT2D eigenvalue weighted by atomic mass is 16.6. The number of aromatic nitrogens is 1. The number of pyridine rings is 1. The topological polar surface area (TPSA) is 143 Å². The Balaban J connectivity index is 2.16. The van der Waals surface area contributed by atoms with Gasteiger partial charge in [0.25, 0.3) is 0 Å². The Kier molecular flexibility index (Phi) is 5.24. The molecule has 124 valence electrons. The molecule has 1 aromatic heterocycles. The van der Waals surface area contributed by atoms with Crippen molar-refractivity contribution in [3.63, 3.8) is 0 Å². The molecule has 10 nitrogen and oxygen atoms in total. The number of nitro groups is 1. The van der Waals surface area contributed by atoms with Crippen molar-refractivity contribution in [2.24, 2.45) is 10.8 Å². The highest BCUT2D eigenvalue weighted by Gasteiger charge is 2.14. The van der Waals surface area contributed by atoms with Gasteiger partial charge >= 0.3 is 17.6 Å². The van der Waals surface area contributed by atoms with Crippen LogP contribution in [0.5, 0.6) is 17.4 Å². The fourth-order valence-electron chi connectivity index (χ4n) is 1.72. The first-order chi connectivity index (χ1) is 11.5. The lowest BCUT2D eigenvalue weighted by molar-refractivity contribution is -0.425. The van der Waals surface area contributed by atoms with E-state index in [1.54, 1.807) is 18.2 Å². The maximum atomic E-state index is 10.6. The Morgan fingerprint density at radius 2 is 2.17 bits per heavy atom. The number of H-pyrrole nitrogens is 1. The van der Waals surface area contributed by atoms with E-state index in [1.807, 2.05) is 0 Å². The van der Waals surface area contributed by atoms with Crippen LogP contribution in [0.2, 0.25) is 0 Å². The smallest absolute Gasteiger partial charge is 0.372 e. The lowest BCUT2D eigenvalue weighted by atomic mass is 10.2. The van der Waals surface area contributed by atoms with Gasteiger partial charge in [-0.1, -0.05) is 0 Å². The number of nitrogens with two attached hydrogens (primary N) is 1. The Bertz CT molecular complexity index is 776. The molecule has 10 heteroatoms. The van der Waals surface area contributed by atoms with Crippen LogP contribution >= 0.6 is 0 Å². The summed E-state index contributed by atoms with van der Waals surface area (Å²) >= 11 is 0. The van der Waals surface area contributed by atoms with Gasteiger partial charge in [-0.15, -0.1) is 0 Å². The maximum Gasteiger partial charge on any atom is 0.372 e. The van der Waals surface area contributed by atoms with Crippen LogP contribution in [-0.4, -0.2) is 24.3 Å². The summed E-state index contributed by atoms with van der Waals surface area (Å²) in [5, 5.41) is 14.3. The molecule has 0 spiro atoms. The minimum atomic E-state index is -0.771. The van der Waals surface area contributed by atoms with Gasteiger partial charge in [-0.25, -0.2) is 10.2 Å². The van der Waals surface area contributed by atoms with Crippen LogP contribution in [0, 0.1) is 10.1 Å². The predicted octanol–water partition coefficient (Wildman–Crippen LogP) is 1.21. The predicted molar refractivity (Wildman–Crippen MR) is 83.0 cm³/mol. The molecular weight excluding hydrogens is 318 g/mol. The number of urea groups is 1. The number of rotatable bonds is 6. The molecule has 0 aliphatic carbocycles. The number of primary amides is 1. The van der Waals surface area contributed by atoms with E-state index in [2.05, 4.69) is 15.5 Å². The molecule has 0 saturated heterocycles. The van der Waals surface area contributed by atoms with Gasteiger partial charge < -0.3 is 15.2 Å². The summed E-state index contributed by atoms with van der Waals surface area (Å²) in [6, 6.07) is 6.91. The number of benzene rings is 1. The van der Waals surface area contributed by atoms with Gasteiger partial charge in [-0.2, -0.15) is 10.1 Å². The van der Waals surface area contributed by atoms with Crippen molar-refractivity contribution < 1.29 is 24.2 Å². The van der Waals surface area contributed by atoms with Crippen molar-refractivity contribution in [2.45, 2.75) is 0 Å². The van der Waals surface area contributed by atoms with Crippen molar-refractivity contribution in [1.82, 2.24) is 5.43 Å². The Morgan fingerprint density at radius 3 is 2.75 bits per heavy atom. The number of aromatic amines is 1. The highest BCUT2D eigenvalue weighted by molar-refractivity contribution is 5.82. The van der Waals surface area contributed by atoms with Crippen LogP contribution in [-0.2, 0) is 0 Å². The average molecular weight is 332 g/mol. The third-order valence-corrected chi connectivity index (χ3v) is 2.77. The number of hydrogen-bond donors (Lipinski definition) is 2. The molecule has 1 aromatic carbocycles. The molecule has 0 aliphatic rings. The summed E-state index contributed by atoms with van der Waals surface area (Å²) in [6.45, 7) is 0. The standard InChI is InChI=1S/C14H13N5O5/c1-23-12-6-9(7-17-18-14(15)20)2-4-11(12)24-13-5-3-10(8-16-13)19(21)22/h2-8H,1H3,(H3,15,18,20)/p+1. The van der Waals surface area contributed by atoms with E-state index in [1.165, 1.54) is 31.7 Å². The Hall–Kier alpha value is -3.69.